The molecule has 0 aliphatic rings. The van der Waals surface area contributed by atoms with E-state index in [1.54, 1.807) is 0 Å². The number of carboxylic acid groups (broad SMARTS) is 1. The van der Waals surface area contributed by atoms with Crippen molar-refractivity contribution in [2.24, 2.45) is 0 Å². The minimum atomic E-state index is -3.92. The Kier molecular flexibility index (Phi) is 6.56. The molecule has 0 saturated carbocycles. The normalized spacial score (nSPS) is 14.6. The molecular weight excluding hydrogens is 322 g/mol. The van der Waals surface area contributed by atoms with Gasteiger partial charge in [-0.15, -0.1) is 11.6 Å². The third kappa shape index (κ3) is 5.25. The first-order valence-corrected chi connectivity index (χ1v) is 8.03. The Morgan fingerprint density at radius 3 is 2.29 bits per heavy atom. The number of nitrogens with one attached hydrogen (secondary N) is 1. The van der Waals surface area contributed by atoms with Gasteiger partial charge >= 0.3 is 5.97 Å². The van der Waals surface area contributed by atoms with Gasteiger partial charge in [0.1, 0.15) is 12.6 Å². The first-order chi connectivity index (χ1) is 9.77. The Balaban J connectivity index is 2.84. The summed E-state index contributed by atoms with van der Waals surface area (Å²) in [6, 6.07) is 5.13. The van der Waals surface area contributed by atoms with Crippen molar-refractivity contribution in [1.29, 1.82) is 0 Å². The summed E-state index contributed by atoms with van der Waals surface area (Å²) in [5, 5.41) is 27.9. The third-order valence-corrected chi connectivity index (χ3v) is 4.35. The molecule has 4 N–H and O–H groups in total. The number of sulfonamides is 1. The number of benzene rings is 1. The van der Waals surface area contributed by atoms with Crippen molar-refractivity contribution in [1.82, 2.24) is 4.72 Å². The predicted molar refractivity (Wildman–Crippen MR) is 75.6 cm³/mol. The maximum absolute atomic E-state index is 11.8. The summed E-state index contributed by atoms with van der Waals surface area (Å²) in [5.74, 6) is -1.11. The van der Waals surface area contributed by atoms with Crippen LogP contribution in [0.5, 0.6) is 0 Å². The predicted octanol–water partition coefficient (Wildman–Crippen LogP) is 0.0727. The van der Waals surface area contributed by atoms with Crippen LogP contribution in [0.15, 0.2) is 29.2 Å². The molecule has 2 atom stereocenters. The van der Waals surface area contributed by atoms with Crippen LogP contribution < -0.4 is 4.72 Å². The lowest BCUT2D eigenvalue weighted by molar-refractivity contribution is -0.135. The van der Waals surface area contributed by atoms with E-state index in [1.165, 1.54) is 24.3 Å². The molecule has 1 aromatic carbocycles. The SMILES string of the molecule is O=C(O)CNS(=O)(=O)c1ccc(C(O)C(O)CCCl)cc1. The summed E-state index contributed by atoms with van der Waals surface area (Å²) in [5.41, 5.74) is 0.338. The summed E-state index contributed by atoms with van der Waals surface area (Å²) in [6.07, 6.45) is -2.02. The van der Waals surface area contributed by atoms with E-state index in [2.05, 4.69) is 0 Å². The van der Waals surface area contributed by atoms with Gasteiger partial charge < -0.3 is 15.3 Å². The van der Waals surface area contributed by atoms with Gasteiger partial charge in [-0.25, -0.2) is 8.42 Å². The summed E-state index contributed by atoms with van der Waals surface area (Å²) < 4.78 is 25.4. The summed E-state index contributed by atoms with van der Waals surface area (Å²) >= 11 is 5.47. The van der Waals surface area contributed by atoms with Crippen LogP contribution in [-0.2, 0) is 14.8 Å². The van der Waals surface area contributed by atoms with E-state index >= 15 is 0 Å². The Morgan fingerprint density at radius 2 is 1.81 bits per heavy atom. The summed E-state index contributed by atoms with van der Waals surface area (Å²) in [4.78, 5) is 10.2. The van der Waals surface area contributed by atoms with Crippen molar-refractivity contribution < 1.29 is 28.5 Å². The fourth-order valence-electron chi connectivity index (χ4n) is 1.58. The highest BCUT2D eigenvalue weighted by Gasteiger charge is 2.20. The minimum absolute atomic E-state index is 0.133. The molecule has 21 heavy (non-hydrogen) atoms. The number of halogens is 1. The van der Waals surface area contributed by atoms with Crippen molar-refractivity contribution in [2.75, 3.05) is 12.4 Å². The van der Waals surface area contributed by atoms with Crippen LogP contribution in [0.25, 0.3) is 0 Å². The van der Waals surface area contributed by atoms with Gasteiger partial charge in [-0.3, -0.25) is 4.79 Å². The molecule has 0 spiro atoms. The lowest BCUT2D eigenvalue weighted by Crippen LogP contribution is -2.29. The molecule has 7 nitrogen and oxygen atoms in total. The van der Waals surface area contributed by atoms with Crippen molar-refractivity contribution in [2.45, 2.75) is 23.5 Å². The number of hydrogen-bond acceptors (Lipinski definition) is 5. The van der Waals surface area contributed by atoms with Crippen LogP contribution in [0.1, 0.15) is 18.1 Å². The first-order valence-electron chi connectivity index (χ1n) is 6.01. The number of carbonyl (C=O) groups is 1. The van der Waals surface area contributed by atoms with E-state index in [4.69, 9.17) is 16.7 Å². The maximum atomic E-state index is 11.8. The van der Waals surface area contributed by atoms with Gasteiger partial charge in [-0.2, -0.15) is 4.72 Å². The average Bonchev–Trinajstić information content (AvgIpc) is 2.45. The average molecular weight is 338 g/mol. The van der Waals surface area contributed by atoms with E-state index in [0.717, 1.165) is 0 Å². The number of alkyl halides is 1. The van der Waals surface area contributed by atoms with Crippen LogP contribution in [0.3, 0.4) is 0 Å². The van der Waals surface area contributed by atoms with Crippen LogP contribution in [0.2, 0.25) is 0 Å². The second-order valence-corrected chi connectivity index (χ2v) is 6.42. The largest absolute Gasteiger partial charge is 0.480 e. The number of hydrogen-bond donors (Lipinski definition) is 4. The summed E-state index contributed by atoms with van der Waals surface area (Å²) in [7, 11) is -3.92. The van der Waals surface area contributed by atoms with Crippen molar-refractivity contribution in [3.05, 3.63) is 29.8 Å². The molecule has 2 unspecified atom stereocenters. The Morgan fingerprint density at radius 1 is 1.24 bits per heavy atom. The number of aliphatic hydroxyl groups is 2. The topological polar surface area (TPSA) is 124 Å². The highest BCUT2D eigenvalue weighted by atomic mass is 35.5. The minimum Gasteiger partial charge on any atom is -0.480 e. The lowest BCUT2D eigenvalue weighted by Gasteiger charge is -2.17. The fraction of sp³-hybridized carbons (Fsp3) is 0.417. The van der Waals surface area contributed by atoms with Gasteiger partial charge in [0.2, 0.25) is 10.0 Å². The maximum Gasteiger partial charge on any atom is 0.318 e. The van der Waals surface area contributed by atoms with E-state index in [0.29, 0.717) is 5.56 Å². The second-order valence-electron chi connectivity index (χ2n) is 4.28. The Bertz CT molecular complexity index is 574. The zero-order valence-corrected chi connectivity index (χ0v) is 12.5. The van der Waals surface area contributed by atoms with Crippen molar-refractivity contribution >= 4 is 27.6 Å². The third-order valence-electron chi connectivity index (χ3n) is 2.71. The van der Waals surface area contributed by atoms with E-state index in [1.807, 2.05) is 4.72 Å². The number of rotatable bonds is 8. The molecule has 118 valence electrons. The van der Waals surface area contributed by atoms with Crippen LogP contribution in [-0.4, -0.2) is 48.2 Å². The van der Waals surface area contributed by atoms with Gasteiger partial charge in [0, 0.05) is 5.88 Å². The van der Waals surface area contributed by atoms with Crippen LogP contribution in [0.4, 0.5) is 0 Å². The lowest BCUT2D eigenvalue weighted by atomic mass is 10.0. The molecule has 0 aliphatic carbocycles. The van der Waals surface area contributed by atoms with Gasteiger partial charge in [0.15, 0.2) is 0 Å². The number of aliphatic hydroxyl groups excluding tert-OH is 2. The van der Waals surface area contributed by atoms with Crippen LogP contribution >= 0.6 is 11.6 Å². The van der Waals surface area contributed by atoms with Gasteiger partial charge in [-0.1, -0.05) is 12.1 Å². The van der Waals surface area contributed by atoms with E-state index < -0.39 is 34.7 Å². The highest BCUT2D eigenvalue weighted by molar-refractivity contribution is 7.89. The number of aliphatic carboxylic acids is 1. The highest BCUT2D eigenvalue weighted by Crippen LogP contribution is 2.21. The zero-order chi connectivity index (χ0) is 16.0. The smallest absolute Gasteiger partial charge is 0.318 e. The van der Waals surface area contributed by atoms with Crippen molar-refractivity contribution in [3.8, 4) is 0 Å². The quantitative estimate of drug-likeness (QED) is 0.498. The standard InChI is InChI=1S/C12H16ClNO6S/c13-6-5-10(15)12(18)8-1-3-9(4-2-8)21(19,20)14-7-11(16)17/h1-4,10,12,14-15,18H,5-7H2,(H,16,17). The molecule has 1 rings (SSSR count). The second kappa shape index (κ2) is 7.71. The van der Waals surface area contributed by atoms with Gasteiger partial charge in [0.25, 0.3) is 0 Å². The molecule has 9 heteroatoms. The fourth-order valence-corrected chi connectivity index (χ4v) is 2.77. The first kappa shape index (κ1) is 17.9. The summed E-state index contributed by atoms with van der Waals surface area (Å²) in [6.45, 7) is -0.721. The number of carboxylic acids is 1. The van der Waals surface area contributed by atoms with E-state index in [-0.39, 0.29) is 17.2 Å². The molecular formula is C12H16ClNO6S. The molecule has 0 amide bonds. The monoisotopic (exact) mass is 337 g/mol. The van der Waals surface area contributed by atoms with Crippen LogP contribution in [0, 0.1) is 0 Å². The molecule has 0 saturated heterocycles. The van der Waals surface area contributed by atoms with Gasteiger partial charge in [-0.05, 0) is 24.1 Å². The molecule has 0 radical (unpaired) electrons. The Hall–Kier alpha value is -1.19. The Labute approximate surface area is 127 Å². The van der Waals surface area contributed by atoms with Crippen molar-refractivity contribution in [3.63, 3.8) is 0 Å². The molecule has 1 aromatic rings. The molecule has 0 bridgehead atoms. The molecule has 0 aliphatic heterocycles. The molecule has 0 aromatic heterocycles. The van der Waals surface area contributed by atoms with Gasteiger partial charge in [0.05, 0.1) is 11.0 Å². The zero-order valence-electron chi connectivity index (χ0n) is 10.9. The molecule has 0 heterocycles. The molecule has 0 fully saturated rings. The van der Waals surface area contributed by atoms with E-state index in [9.17, 15) is 23.4 Å².